The summed E-state index contributed by atoms with van der Waals surface area (Å²) in [6.07, 6.45) is 10.8. The van der Waals surface area contributed by atoms with Crippen LogP contribution in [0.4, 0.5) is 5.69 Å². The molecule has 1 N–H and O–H groups in total. The highest BCUT2D eigenvalue weighted by Crippen LogP contribution is 2.64. The highest BCUT2D eigenvalue weighted by molar-refractivity contribution is 9.10. The lowest BCUT2D eigenvalue weighted by molar-refractivity contribution is 0.0758. The van der Waals surface area contributed by atoms with Gasteiger partial charge >= 0.3 is 7.60 Å². The maximum atomic E-state index is 14.6. The zero-order chi connectivity index (χ0) is 21.5. The fraction of sp³-hybridized carbons (Fsp3) is 0.520. The summed E-state index contributed by atoms with van der Waals surface area (Å²) < 4.78 is 28.5. The van der Waals surface area contributed by atoms with Gasteiger partial charge in [0, 0.05) is 10.2 Å². The second kappa shape index (κ2) is 11.1. The zero-order valence-corrected chi connectivity index (χ0v) is 20.5. The van der Waals surface area contributed by atoms with Crippen molar-refractivity contribution in [3.05, 3.63) is 64.6 Å². The van der Waals surface area contributed by atoms with Gasteiger partial charge in [-0.3, -0.25) is 4.57 Å². The molecule has 6 heteroatoms. The SMILES string of the molecule is O=P(OC1CCCCC1)(OC1CCCCC1)[C@H](Nc1ccccc1)c1ccc(Br)cc1. The molecular weight excluding hydrogens is 473 g/mol. The third kappa shape index (κ3) is 6.44. The molecule has 2 fully saturated rings. The second-order valence-electron chi connectivity index (χ2n) is 8.74. The van der Waals surface area contributed by atoms with Crippen LogP contribution in [0.3, 0.4) is 0 Å². The van der Waals surface area contributed by atoms with E-state index in [1.807, 2.05) is 54.6 Å². The number of hydrogen-bond acceptors (Lipinski definition) is 4. The van der Waals surface area contributed by atoms with Crippen molar-refractivity contribution in [2.75, 3.05) is 5.32 Å². The van der Waals surface area contributed by atoms with Crippen molar-refractivity contribution in [3.8, 4) is 0 Å². The zero-order valence-electron chi connectivity index (χ0n) is 18.0. The molecule has 168 valence electrons. The first kappa shape index (κ1) is 23.0. The van der Waals surface area contributed by atoms with Crippen molar-refractivity contribution < 1.29 is 13.6 Å². The fourth-order valence-corrected chi connectivity index (χ4v) is 7.24. The molecular formula is C25H33BrNO3P. The standard InChI is InChI=1S/C25H33BrNO3P/c26-21-18-16-20(17-19-21)25(27-22-10-4-1-5-11-22)31(28,29-23-12-6-2-7-13-23)30-24-14-8-3-9-15-24/h1,4-5,10-11,16-19,23-25,27H,2-3,6-9,12-15H2/t25-/m0/s1. The van der Waals surface area contributed by atoms with E-state index in [-0.39, 0.29) is 12.2 Å². The van der Waals surface area contributed by atoms with Crippen LogP contribution >= 0.6 is 23.5 Å². The average Bonchev–Trinajstić information content (AvgIpc) is 2.80. The Morgan fingerprint density at radius 2 is 1.29 bits per heavy atom. The van der Waals surface area contributed by atoms with Crippen molar-refractivity contribution in [1.82, 2.24) is 0 Å². The number of hydrogen-bond donors (Lipinski definition) is 1. The molecule has 0 aromatic heterocycles. The summed E-state index contributed by atoms with van der Waals surface area (Å²) in [7, 11) is -3.50. The van der Waals surface area contributed by atoms with Gasteiger partial charge in [0.1, 0.15) is 0 Å². The molecule has 4 rings (SSSR count). The Hall–Kier alpha value is -1.13. The molecule has 0 spiro atoms. The maximum Gasteiger partial charge on any atom is 0.357 e. The Morgan fingerprint density at radius 3 is 1.81 bits per heavy atom. The smallest absolute Gasteiger partial charge is 0.357 e. The summed E-state index contributed by atoms with van der Waals surface area (Å²) in [5, 5.41) is 3.51. The summed E-state index contributed by atoms with van der Waals surface area (Å²) in [6.45, 7) is 0. The molecule has 31 heavy (non-hydrogen) atoms. The molecule has 0 radical (unpaired) electrons. The Morgan fingerprint density at radius 1 is 0.774 bits per heavy atom. The monoisotopic (exact) mass is 505 g/mol. The first-order chi connectivity index (χ1) is 15.1. The molecule has 0 unspecified atom stereocenters. The molecule has 0 heterocycles. The minimum Gasteiger partial charge on any atom is -0.368 e. The third-order valence-corrected chi connectivity index (χ3v) is 9.05. The molecule has 4 nitrogen and oxygen atoms in total. The predicted molar refractivity (Wildman–Crippen MR) is 130 cm³/mol. The Labute approximate surface area is 194 Å². The molecule has 2 aliphatic carbocycles. The van der Waals surface area contributed by atoms with E-state index in [9.17, 15) is 4.57 Å². The lowest BCUT2D eigenvalue weighted by atomic mass is 9.98. The number of nitrogens with one attached hydrogen (secondary N) is 1. The topological polar surface area (TPSA) is 47.6 Å². The van der Waals surface area contributed by atoms with E-state index in [1.54, 1.807) is 0 Å². The van der Waals surface area contributed by atoms with Crippen molar-refractivity contribution in [2.45, 2.75) is 82.2 Å². The van der Waals surface area contributed by atoms with Crippen LogP contribution in [0.25, 0.3) is 0 Å². The molecule has 1 atom stereocenters. The van der Waals surface area contributed by atoms with E-state index in [0.717, 1.165) is 67.1 Å². The van der Waals surface area contributed by atoms with Crippen molar-refractivity contribution >= 4 is 29.2 Å². The number of para-hydroxylation sites is 1. The summed E-state index contributed by atoms with van der Waals surface area (Å²) >= 11 is 3.52. The molecule has 2 aromatic carbocycles. The predicted octanol–water partition coefficient (Wildman–Crippen LogP) is 8.45. The van der Waals surface area contributed by atoms with Gasteiger partial charge in [-0.25, -0.2) is 0 Å². The Balaban J connectivity index is 1.67. The summed E-state index contributed by atoms with van der Waals surface area (Å²) in [4.78, 5) is 0. The minimum atomic E-state index is -3.50. The highest BCUT2D eigenvalue weighted by atomic mass is 79.9. The van der Waals surface area contributed by atoms with Gasteiger partial charge in [-0.2, -0.15) is 0 Å². The van der Waals surface area contributed by atoms with Gasteiger partial charge in [0.25, 0.3) is 0 Å². The lowest BCUT2D eigenvalue weighted by Gasteiger charge is -2.36. The van der Waals surface area contributed by atoms with E-state index in [0.29, 0.717) is 0 Å². The Bertz CT molecular complexity index is 825. The molecule has 2 aromatic rings. The van der Waals surface area contributed by atoms with E-state index < -0.39 is 13.4 Å². The summed E-state index contributed by atoms with van der Waals surface area (Å²) in [5.41, 5.74) is 1.83. The van der Waals surface area contributed by atoms with Crippen LogP contribution in [0.15, 0.2) is 59.1 Å². The minimum absolute atomic E-state index is 0.00121. The van der Waals surface area contributed by atoms with E-state index in [1.165, 1.54) is 12.8 Å². The van der Waals surface area contributed by atoms with E-state index in [2.05, 4.69) is 21.2 Å². The van der Waals surface area contributed by atoms with Crippen LogP contribution in [0, 0.1) is 0 Å². The second-order valence-corrected chi connectivity index (χ2v) is 11.7. The lowest BCUT2D eigenvalue weighted by Crippen LogP contribution is -2.25. The molecule has 0 aliphatic heterocycles. The van der Waals surface area contributed by atoms with Crippen molar-refractivity contribution in [1.29, 1.82) is 0 Å². The fourth-order valence-electron chi connectivity index (χ4n) is 4.59. The molecule has 2 saturated carbocycles. The van der Waals surface area contributed by atoms with Gasteiger partial charge in [0.2, 0.25) is 0 Å². The van der Waals surface area contributed by atoms with Crippen molar-refractivity contribution in [3.63, 3.8) is 0 Å². The number of halogens is 1. The largest absolute Gasteiger partial charge is 0.368 e. The summed E-state index contributed by atoms with van der Waals surface area (Å²) in [5.74, 6) is -0.549. The van der Waals surface area contributed by atoms with Gasteiger partial charge < -0.3 is 14.4 Å². The number of benzene rings is 2. The van der Waals surface area contributed by atoms with Crippen LogP contribution in [-0.2, 0) is 13.6 Å². The van der Waals surface area contributed by atoms with Gasteiger partial charge in [-0.15, -0.1) is 0 Å². The van der Waals surface area contributed by atoms with Crippen LogP contribution < -0.4 is 5.32 Å². The molecule has 0 bridgehead atoms. The van der Waals surface area contributed by atoms with E-state index in [4.69, 9.17) is 9.05 Å². The Kier molecular flexibility index (Phi) is 8.28. The molecule has 2 aliphatic rings. The van der Waals surface area contributed by atoms with Crippen LogP contribution in [0.1, 0.15) is 75.6 Å². The van der Waals surface area contributed by atoms with Crippen molar-refractivity contribution in [2.24, 2.45) is 0 Å². The van der Waals surface area contributed by atoms with Gasteiger partial charge in [0.15, 0.2) is 5.78 Å². The third-order valence-electron chi connectivity index (χ3n) is 6.28. The van der Waals surface area contributed by atoms with Crippen LogP contribution in [0.2, 0.25) is 0 Å². The van der Waals surface area contributed by atoms with E-state index >= 15 is 0 Å². The van der Waals surface area contributed by atoms with Crippen LogP contribution in [-0.4, -0.2) is 12.2 Å². The first-order valence-electron chi connectivity index (χ1n) is 11.7. The average molecular weight is 506 g/mol. The molecule has 0 saturated heterocycles. The summed E-state index contributed by atoms with van der Waals surface area (Å²) in [6, 6.07) is 17.9. The highest BCUT2D eigenvalue weighted by Gasteiger charge is 2.42. The number of rotatable bonds is 8. The van der Waals surface area contributed by atoms with Gasteiger partial charge in [-0.1, -0.05) is 84.8 Å². The molecule has 0 amide bonds. The van der Waals surface area contributed by atoms with Crippen LogP contribution in [0.5, 0.6) is 0 Å². The maximum absolute atomic E-state index is 14.6. The van der Waals surface area contributed by atoms with Gasteiger partial charge in [-0.05, 0) is 55.5 Å². The van der Waals surface area contributed by atoms with Gasteiger partial charge in [0.05, 0.1) is 12.2 Å². The quantitative estimate of drug-likeness (QED) is 0.365. The normalized spacial score (nSPS) is 19.8. The first-order valence-corrected chi connectivity index (χ1v) is 14.1. The number of anilines is 1.